The molecule has 3 heterocycles. The minimum absolute atomic E-state index is 0.0438. The maximum absolute atomic E-state index is 14.9. The van der Waals surface area contributed by atoms with Crippen LogP contribution < -0.4 is 9.47 Å². The van der Waals surface area contributed by atoms with Crippen LogP contribution in [-0.2, 0) is 19.7 Å². The van der Waals surface area contributed by atoms with Crippen molar-refractivity contribution in [3.63, 3.8) is 0 Å². The van der Waals surface area contributed by atoms with Gasteiger partial charge < -0.3 is 19.1 Å². The number of imidazole rings is 1. The highest BCUT2D eigenvalue weighted by atomic mass is 35.5. The monoisotopic (exact) mass is 615 g/mol. The minimum Gasteiger partial charge on any atom is -0.483 e. The summed E-state index contributed by atoms with van der Waals surface area (Å²) in [4.78, 5) is 26.8. The average molecular weight is 616 g/mol. The molecule has 0 spiro atoms. The van der Waals surface area contributed by atoms with Crippen LogP contribution in [0, 0.1) is 17.0 Å². The number of ether oxygens (including phenoxy) is 2. The summed E-state index contributed by atoms with van der Waals surface area (Å²) in [5.41, 5.74) is -0.219. The molecule has 1 aliphatic carbocycles. The van der Waals surface area contributed by atoms with Crippen LogP contribution in [0.1, 0.15) is 47.7 Å². The zero-order valence-electron chi connectivity index (χ0n) is 23.1. The summed E-state index contributed by atoms with van der Waals surface area (Å²) in [5, 5.41) is 9.72. The molecule has 1 saturated carbocycles. The number of benzene rings is 2. The molecule has 4 aromatic rings. The molecule has 13 heteroatoms. The van der Waals surface area contributed by atoms with Crippen molar-refractivity contribution in [3.05, 3.63) is 76.5 Å². The molecule has 226 valence electrons. The fraction of sp³-hybridized carbons (Fsp3) is 0.400. The molecule has 2 aliphatic rings. The number of nitrogens with zero attached hydrogens (tertiary/aromatic N) is 5. The lowest BCUT2D eigenvalue weighted by atomic mass is 10.1. The number of aromatic nitrogens is 4. The number of piperidine rings is 1. The molecular weight excluding hydrogens is 587 g/mol. The van der Waals surface area contributed by atoms with Gasteiger partial charge in [0, 0.05) is 42.3 Å². The van der Waals surface area contributed by atoms with Gasteiger partial charge in [0.25, 0.3) is 0 Å². The van der Waals surface area contributed by atoms with Crippen molar-refractivity contribution in [3.8, 4) is 11.6 Å². The van der Waals surface area contributed by atoms with Crippen LogP contribution in [-0.4, -0.2) is 61.4 Å². The summed E-state index contributed by atoms with van der Waals surface area (Å²) in [6.07, 6.45) is 4.28. The maximum Gasteiger partial charge on any atom is 0.335 e. The number of likely N-dealkylation sites (tertiary alicyclic amines) is 1. The number of hydrogen-bond donors (Lipinski definition) is 1. The van der Waals surface area contributed by atoms with Gasteiger partial charge in [0.15, 0.2) is 23.2 Å². The van der Waals surface area contributed by atoms with Gasteiger partial charge in [0.05, 0.1) is 24.3 Å². The Morgan fingerprint density at radius 1 is 1.09 bits per heavy atom. The van der Waals surface area contributed by atoms with Crippen LogP contribution in [0.15, 0.2) is 42.6 Å². The van der Waals surface area contributed by atoms with Crippen LogP contribution in [0.3, 0.4) is 0 Å². The van der Waals surface area contributed by atoms with E-state index in [-0.39, 0.29) is 34.6 Å². The maximum atomic E-state index is 14.9. The van der Waals surface area contributed by atoms with Crippen molar-refractivity contribution in [2.24, 2.45) is 5.41 Å². The van der Waals surface area contributed by atoms with Gasteiger partial charge in [-0.2, -0.15) is 4.98 Å². The first-order valence-corrected chi connectivity index (χ1v) is 14.4. The van der Waals surface area contributed by atoms with Crippen molar-refractivity contribution >= 4 is 28.6 Å². The summed E-state index contributed by atoms with van der Waals surface area (Å²) >= 11 is 5.78. The van der Waals surface area contributed by atoms with Crippen LogP contribution >= 0.6 is 11.6 Å². The first-order valence-electron chi connectivity index (χ1n) is 14.0. The molecule has 1 N–H and O–H groups in total. The van der Waals surface area contributed by atoms with E-state index in [4.69, 9.17) is 21.1 Å². The second-order valence-corrected chi connectivity index (χ2v) is 11.6. The number of fused-ring (bicyclic) bond motifs is 1. The molecule has 2 fully saturated rings. The lowest BCUT2D eigenvalue weighted by Crippen LogP contribution is -2.38. The van der Waals surface area contributed by atoms with Gasteiger partial charge in [-0.3, -0.25) is 9.29 Å². The van der Waals surface area contributed by atoms with Gasteiger partial charge in [-0.25, -0.2) is 23.5 Å². The Morgan fingerprint density at radius 2 is 1.88 bits per heavy atom. The van der Waals surface area contributed by atoms with E-state index < -0.39 is 29.7 Å². The molecule has 9 nitrogen and oxygen atoms in total. The first kappa shape index (κ1) is 29.2. The van der Waals surface area contributed by atoms with Gasteiger partial charge in [-0.15, -0.1) is 0 Å². The van der Waals surface area contributed by atoms with Gasteiger partial charge in [0.1, 0.15) is 24.1 Å². The van der Waals surface area contributed by atoms with Crippen molar-refractivity contribution in [1.82, 2.24) is 24.4 Å². The SMILES string of the molecule is O=C(O)c1cc(F)c2nc(CN3CCC(Oc4ccnc(COc5ccc(Cl)cc5F)n4)CC3)n(CC3(CF)CC3)c2c1. The standard InChI is InChI=1S/C30H29ClF3N5O4/c31-19-1-2-24(21(33)13-19)42-15-25-35-8-3-27(36-25)43-20-4-9-38(10-5-20)14-26-37-28-22(34)11-18(29(40)41)12-23(28)39(26)17-30(16-32)6-7-30/h1-3,8,11-13,20H,4-7,9-10,14-17H2,(H,40,41). The largest absolute Gasteiger partial charge is 0.483 e. The Morgan fingerprint density at radius 3 is 2.58 bits per heavy atom. The summed E-state index contributed by atoms with van der Waals surface area (Å²) in [5.74, 6) is -1.18. The van der Waals surface area contributed by atoms with Crippen molar-refractivity contribution in [2.75, 3.05) is 19.8 Å². The third-order valence-electron chi connectivity index (χ3n) is 7.99. The number of aromatic carboxylic acids is 1. The Labute approximate surface area is 250 Å². The van der Waals surface area contributed by atoms with Crippen LogP contribution in [0.25, 0.3) is 11.0 Å². The van der Waals surface area contributed by atoms with E-state index in [2.05, 4.69) is 19.9 Å². The second kappa shape index (κ2) is 12.0. The zero-order chi connectivity index (χ0) is 30.1. The highest BCUT2D eigenvalue weighted by Gasteiger charge is 2.44. The van der Waals surface area contributed by atoms with E-state index >= 15 is 0 Å². The highest BCUT2D eigenvalue weighted by molar-refractivity contribution is 6.30. The first-order chi connectivity index (χ1) is 20.7. The van der Waals surface area contributed by atoms with E-state index in [1.807, 2.05) is 0 Å². The molecule has 2 aromatic heterocycles. The Balaban J connectivity index is 1.10. The third kappa shape index (κ3) is 6.54. The number of carbonyl (C=O) groups is 1. The van der Waals surface area contributed by atoms with E-state index in [1.54, 1.807) is 16.8 Å². The van der Waals surface area contributed by atoms with Crippen molar-refractivity contribution < 1.29 is 32.5 Å². The quantitative estimate of drug-likeness (QED) is 0.225. The number of hydrogen-bond acceptors (Lipinski definition) is 7. The Kier molecular flexibility index (Phi) is 8.15. The Bertz CT molecular complexity index is 1660. The summed E-state index contributed by atoms with van der Waals surface area (Å²) in [6.45, 7) is 1.52. The lowest BCUT2D eigenvalue weighted by molar-refractivity contribution is 0.0696. The fourth-order valence-corrected chi connectivity index (χ4v) is 5.46. The predicted molar refractivity (Wildman–Crippen MR) is 151 cm³/mol. The molecule has 0 bridgehead atoms. The number of halogens is 4. The van der Waals surface area contributed by atoms with E-state index in [1.165, 1.54) is 24.3 Å². The van der Waals surface area contributed by atoms with Gasteiger partial charge in [-0.05, 0) is 56.0 Å². The van der Waals surface area contributed by atoms with Gasteiger partial charge in [0.2, 0.25) is 5.88 Å². The van der Waals surface area contributed by atoms with Crippen molar-refractivity contribution in [2.45, 2.75) is 51.5 Å². The third-order valence-corrected chi connectivity index (χ3v) is 8.22. The predicted octanol–water partition coefficient (Wildman–Crippen LogP) is 5.83. The summed E-state index contributed by atoms with van der Waals surface area (Å²) in [7, 11) is 0. The molecular formula is C30H29ClF3N5O4. The number of alkyl halides is 1. The van der Waals surface area contributed by atoms with Gasteiger partial charge >= 0.3 is 5.97 Å². The van der Waals surface area contributed by atoms with E-state index in [9.17, 15) is 23.1 Å². The zero-order valence-corrected chi connectivity index (χ0v) is 23.9. The molecule has 1 aliphatic heterocycles. The second-order valence-electron chi connectivity index (χ2n) is 11.1. The highest BCUT2D eigenvalue weighted by Crippen LogP contribution is 2.48. The van der Waals surface area contributed by atoms with Gasteiger partial charge in [-0.1, -0.05) is 11.6 Å². The molecule has 43 heavy (non-hydrogen) atoms. The normalized spacial score (nSPS) is 16.8. The van der Waals surface area contributed by atoms with Crippen LogP contribution in [0.5, 0.6) is 11.6 Å². The molecule has 0 unspecified atom stereocenters. The molecule has 0 atom stereocenters. The lowest BCUT2D eigenvalue weighted by Gasteiger charge is -2.31. The van der Waals surface area contributed by atoms with Crippen LogP contribution in [0.4, 0.5) is 13.2 Å². The van der Waals surface area contributed by atoms with Crippen LogP contribution in [0.2, 0.25) is 5.02 Å². The van der Waals surface area contributed by atoms with E-state index in [0.29, 0.717) is 62.1 Å². The summed E-state index contributed by atoms with van der Waals surface area (Å²) < 4.78 is 56.1. The average Bonchev–Trinajstić information content (AvgIpc) is 3.69. The number of carboxylic acid groups (broad SMARTS) is 1. The molecule has 0 amide bonds. The topological polar surface area (TPSA) is 103 Å². The fourth-order valence-electron chi connectivity index (χ4n) is 5.30. The minimum atomic E-state index is -1.23. The molecule has 1 saturated heterocycles. The molecule has 2 aromatic carbocycles. The number of carboxylic acids is 1. The van der Waals surface area contributed by atoms with E-state index in [0.717, 1.165) is 18.9 Å². The molecule has 6 rings (SSSR count). The molecule has 0 radical (unpaired) electrons. The summed E-state index contributed by atoms with van der Waals surface area (Å²) in [6, 6.07) is 8.18. The smallest absolute Gasteiger partial charge is 0.335 e. The Hall–Kier alpha value is -3.90. The van der Waals surface area contributed by atoms with Crippen molar-refractivity contribution in [1.29, 1.82) is 0 Å². The number of rotatable bonds is 11.